The molecule has 3 nitrogen and oxygen atoms in total. The Bertz CT molecular complexity index is 264. The average molecular weight is 254 g/mol. The first-order valence-electron chi connectivity index (χ1n) is 7.45. The van der Waals surface area contributed by atoms with Crippen LogP contribution in [0.15, 0.2) is 0 Å². The zero-order chi connectivity index (χ0) is 13.2. The van der Waals surface area contributed by atoms with Gasteiger partial charge in [0, 0.05) is 25.7 Å². The average Bonchev–Trinajstić information content (AvgIpc) is 2.26. The molecule has 1 N–H and O–H groups in total. The van der Waals surface area contributed by atoms with Crippen LogP contribution in [0.25, 0.3) is 0 Å². The van der Waals surface area contributed by atoms with Crippen molar-refractivity contribution in [1.29, 1.82) is 0 Å². The highest BCUT2D eigenvalue weighted by Crippen LogP contribution is 2.36. The number of hydrogen-bond donors (Lipinski definition) is 1. The smallest absolute Gasteiger partial charge is 0.0902 e. The molecule has 1 saturated carbocycles. The van der Waals surface area contributed by atoms with Gasteiger partial charge in [0.1, 0.15) is 0 Å². The minimum atomic E-state index is 0.107. The van der Waals surface area contributed by atoms with Crippen LogP contribution in [-0.2, 0) is 4.74 Å². The molecule has 0 aromatic carbocycles. The van der Waals surface area contributed by atoms with Crippen molar-refractivity contribution in [3.8, 4) is 0 Å². The van der Waals surface area contributed by atoms with Crippen molar-refractivity contribution < 1.29 is 4.74 Å². The van der Waals surface area contributed by atoms with Crippen molar-refractivity contribution in [2.75, 3.05) is 33.3 Å². The molecule has 0 bridgehead atoms. The Morgan fingerprint density at radius 3 is 2.28 bits per heavy atom. The van der Waals surface area contributed by atoms with Gasteiger partial charge in [-0.3, -0.25) is 0 Å². The second kappa shape index (κ2) is 5.48. The van der Waals surface area contributed by atoms with E-state index in [2.05, 4.69) is 38.0 Å². The molecule has 0 spiro atoms. The molecule has 3 heteroatoms. The van der Waals surface area contributed by atoms with Gasteiger partial charge in [-0.1, -0.05) is 13.8 Å². The molecule has 0 amide bonds. The number of ether oxygens (including phenoxy) is 1. The first-order chi connectivity index (χ1) is 8.40. The molecule has 2 fully saturated rings. The SMILES string of the molecule is CN(CCOC1(C)CNC1)C1CCC(C)(C)CC1. The summed E-state index contributed by atoms with van der Waals surface area (Å²) in [6.45, 7) is 11.0. The fraction of sp³-hybridized carbons (Fsp3) is 1.00. The zero-order valence-electron chi connectivity index (χ0n) is 12.6. The van der Waals surface area contributed by atoms with Crippen LogP contribution in [0.3, 0.4) is 0 Å². The van der Waals surface area contributed by atoms with Gasteiger partial charge in [0.2, 0.25) is 0 Å². The lowest BCUT2D eigenvalue weighted by atomic mass is 9.75. The molecule has 106 valence electrons. The minimum Gasteiger partial charge on any atom is -0.371 e. The minimum absolute atomic E-state index is 0.107. The van der Waals surface area contributed by atoms with Gasteiger partial charge in [0.25, 0.3) is 0 Å². The second-order valence-corrected chi connectivity index (χ2v) is 7.28. The van der Waals surface area contributed by atoms with E-state index in [1.165, 1.54) is 25.7 Å². The van der Waals surface area contributed by atoms with Crippen LogP contribution in [0.4, 0.5) is 0 Å². The Morgan fingerprint density at radius 2 is 1.78 bits per heavy atom. The summed E-state index contributed by atoms with van der Waals surface area (Å²) in [5.74, 6) is 0. The molecule has 2 rings (SSSR count). The van der Waals surface area contributed by atoms with Crippen molar-refractivity contribution in [2.24, 2.45) is 5.41 Å². The normalized spacial score (nSPS) is 27.2. The summed E-state index contributed by atoms with van der Waals surface area (Å²) < 4.78 is 5.96. The molecule has 0 radical (unpaired) electrons. The summed E-state index contributed by atoms with van der Waals surface area (Å²) in [6.07, 6.45) is 5.43. The molecule has 1 aliphatic carbocycles. The molecule has 1 aliphatic heterocycles. The lowest BCUT2D eigenvalue weighted by Crippen LogP contribution is -2.59. The molecule has 0 unspecified atom stereocenters. The third-order valence-electron chi connectivity index (χ3n) is 4.82. The maximum absolute atomic E-state index is 5.96. The van der Waals surface area contributed by atoms with Gasteiger partial charge in [-0.05, 0) is 45.1 Å². The lowest BCUT2D eigenvalue weighted by Gasteiger charge is -2.41. The third kappa shape index (κ3) is 3.69. The van der Waals surface area contributed by atoms with Crippen LogP contribution >= 0.6 is 0 Å². The van der Waals surface area contributed by atoms with Gasteiger partial charge in [-0.25, -0.2) is 0 Å². The maximum Gasteiger partial charge on any atom is 0.0902 e. The number of nitrogens with one attached hydrogen (secondary N) is 1. The Kier molecular flexibility index (Phi) is 4.35. The standard InChI is InChI=1S/C15H30N2O/c1-14(2)7-5-13(6-8-14)17(4)9-10-18-15(3)11-16-12-15/h13,16H,5-12H2,1-4H3. The van der Waals surface area contributed by atoms with Crippen LogP contribution in [0.5, 0.6) is 0 Å². The molecule has 1 saturated heterocycles. The predicted octanol–water partition coefficient (Wildman–Crippen LogP) is 2.27. The topological polar surface area (TPSA) is 24.5 Å². The molecule has 0 aromatic heterocycles. The molecule has 1 heterocycles. The highest BCUT2D eigenvalue weighted by molar-refractivity contribution is 4.90. The Balaban J connectivity index is 1.64. The van der Waals surface area contributed by atoms with Gasteiger partial charge in [0.05, 0.1) is 12.2 Å². The molecular formula is C15H30N2O. The predicted molar refractivity (Wildman–Crippen MR) is 75.9 cm³/mol. The van der Waals surface area contributed by atoms with E-state index in [0.29, 0.717) is 5.41 Å². The van der Waals surface area contributed by atoms with Crippen LogP contribution in [0, 0.1) is 5.41 Å². The van der Waals surface area contributed by atoms with Crippen LogP contribution in [0.1, 0.15) is 46.5 Å². The van der Waals surface area contributed by atoms with E-state index in [0.717, 1.165) is 32.3 Å². The Hall–Kier alpha value is -0.120. The highest BCUT2D eigenvalue weighted by Gasteiger charge is 2.33. The fourth-order valence-electron chi connectivity index (χ4n) is 3.02. The Labute approximate surface area is 112 Å². The van der Waals surface area contributed by atoms with E-state index >= 15 is 0 Å². The van der Waals surface area contributed by atoms with E-state index in [9.17, 15) is 0 Å². The first kappa shape index (κ1) is 14.3. The van der Waals surface area contributed by atoms with E-state index in [4.69, 9.17) is 4.74 Å². The summed E-state index contributed by atoms with van der Waals surface area (Å²) in [5, 5.41) is 3.27. The Morgan fingerprint density at radius 1 is 1.17 bits per heavy atom. The molecule has 0 atom stereocenters. The van der Waals surface area contributed by atoms with E-state index in [-0.39, 0.29) is 5.60 Å². The van der Waals surface area contributed by atoms with Crippen molar-refractivity contribution in [3.63, 3.8) is 0 Å². The second-order valence-electron chi connectivity index (χ2n) is 7.28. The van der Waals surface area contributed by atoms with Crippen molar-refractivity contribution in [1.82, 2.24) is 10.2 Å². The summed E-state index contributed by atoms with van der Waals surface area (Å²) in [4.78, 5) is 2.50. The zero-order valence-corrected chi connectivity index (χ0v) is 12.6. The molecule has 2 aliphatic rings. The van der Waals surface area contributed by atoms with Gasteiger partial charge < -0.3 is 15.0 Å². The summed E-state index contributed by atoms with van der Waals surface area (Å²) in [7, 11) is 2.26. The largest absolute Gasteiger partial charge is 0.371 e. The highest BCUT2D eigenvalue weighted by atomic mass is 16.5. The lowest BCUT2D eigenvalue weighted by molar-refractivity contribution is -0.0740. The van der Waals surface area contributed by atoms with Crippen molar-refractivity contribution >= 4 is 0 Å². The summed E-state index contributed by atoms with van der Waals surface area (Å²) >= 11 is 0. The van der Waals surface area contributed by atoms with E-state index in [1.807, 2.05) is 0 Å². The quantitative estimate of drug-likeness (QED) is 0.814. The monoisotopic (exact) mass is 254 g/mol. The molecular weight excluding hydrogens is 224 g/mol. The number of likely N-dealkylation sites (N-methyl/N-ethyl adjacent to an activating group) is 1. The molecule has 0 aromatic rings. The van der Waals surface area contributed by atoms with Gasteiger partial charge >= 0.3 is 0 Å². The van der Waals surface area contributed by atoms with Crippen molar-refractivity contribution in [2.45, 2.75) is 58.1 Å². The van der Waals surface area contributed by atoms with Gasteiger partial charge in [0.15, 0.2) is 0 Å². The van der Waals surface area contributed by atoms with E-state index in [1.54, 1.807) is 0 Å². The van der Waals surface area contributed by atoms with Crippen molar-refractivity contribution in [3.05, 3.63) is 0 Å². The maximum atomic E-state index is 5.96. The molecule has 18 heavy (non-hydrogen) atoms. The summed E-state index contributed by atoms with van der Waals surface area (Å²) in [5.41, 5.74) is 0.675. The number of hydrogen-bond acceptors (Lipinski definition) is 3. The summed E-state index contributed by atoms with van der Waals surface area (Å²) in [6, 6.07) is 0.772. The first-order valence-corrected chi connectivity index (χ1v) is 7.45. The third-order valence-corrected chi connectivity index (χ3v) is 4.82. The fourth-order valence-corrected chi connectivity index (χ4v) is 3.02. The number of nitrogens with zero attached hydrogens (tertiary/aromatic N) is 1. The van der Waals surface area contributed by atoms with Gasteiger partial charge in [-0.15, -0.1) is 0 Å². The number of rotatable bonds is 5. The van der Waals surface area contributed by atoms with Crippen LogP contribution in [0.2, 0.25) is 0 Å². The van der Waals surface area contributed by atoms with Crippen LogP contribution in [-0.4, -0.2) is 49.8 Å². The van der Waals surface area contributed by atoms with E-state index < -0.39 is 0 Å². The van der Waals surface area contributed by atoms with Crippen LogP contribution < -0.4 is 5.32 Å². The van der Waals surface area contributed by atoms with Gasteiger partial charge in [-0.2, -0.15) is 0 Å².